The van der Waals surface area contributed by atoms with Crippen LogP contribution in [0.25, 0.3) is 20.4 Å². The summed E-state index contributed by atoms with van der Waals surface area (Å²) in [6.45, 7) is 5.62. The third-order valence-electron chi connectivity index (χ3n) is 5.17. The first-order chi connectivity index (χ1) is 13.3. The average molecular weight is 525 g/mol. The van der Waals surface area contributed by atoms with Gasteiger partial charge in [-0.05, 0) is 37.1 Å². The van der Waals surface area contributed by atoms with Gasteiger partial charge in [-0.15, -0.1) is 0 Å². The first-order valence-corrected chi connectivity index (χ1v) is 10.1. The quantitative estimate of drug-likeness (QED) is 0.309. The van der Waals surface area contributed by atoms with Crippen LogP contribution in [0, 0.1) is 13.8 Å². The van der Waals surface area contributed by atoms with E-state index in [1.165, 1.54) is 5.56 Å². The van der Waals surface area contributed by atoms with Crippen LogP contribution in [0.2, 0.25) is 0 Å². The van der Waals surface area contributed by atoms with Crippen molar-refractivity contribution >= 4 is 49.1 Å². The van der Waals surface area contributed by atoms with Crippen molar-refractivity contribution in [2.75, 3.05) is 43.6 Å². The number of halogens is 1. The van der Waals surface area contributed by atoms with E-state index in [0.717, 1.165) is 37.4 Å². The van der Waals surface area contributed by atoms with Gasteiger partial charge in [-0.1, -0.05) is 0 Å². The zero-order valence-electron chi connectivity index (χ0n) is 16.9. The van der Waals surface area contributed by atoms with Crippen LogP contribution in [0.3, 0.4) is 0 Å². The van der Waals surface area contributed by atoms with Crippen molar-refractivity contribution < 1.29 is 38.6 Å². The van der Waals surface area contributed by atoms with E-state index in [4.69, 9.17) is 9.72 Å². The summed E-state index contributed by atoms with van der Waals surface area (Å²) < 4.78 is 7.62. The minimum atomic E-state index is -0.913. The van der Waals surface area contributed by atoms with Crippen molar-refractivity contribution in [3.63, 3.8) is 0 Å². The summed E-state index contributed by atoms with van der Waals surface area (Å²) in [4.78, 5) is 20.5. The Balaban J connectivity index is 0.00000240. The predicted molar refractivity (Wildman–Crippen MR) is 115 cm³/mol. The van der Waals surface area contributed by atoms with Crippen molar-refractivity contribution in [1.29, 1.82) is 0 Å². The minimum Gasteiger partial charge on any atom is -1.00 e. The van der Waals surface area contributed by atoms with Gasteiger partial charge in [0.15, 0.2) is 6.10 Å². The molecule has 2 aromatic carbocycles. The molecule has 1 aromatic heterocycles. The molecule has 4 rings (SSSR count). The number of carboxylic acids is 1. The lowest BCUT2D eigenvalue weighted by Crippen LogP contribution is -3.00. The van der Waals surface area contributed by atoms with Crippen LogP contribution in [0.5, 0.6) is 0 Å². The van der Waals surface area contributed by atoms with Crippen molar-refractivity contribution in [2.24, 2.45) is 0 Å². The second kappa shape index (κ2) is 8.53. The molecule has 0 spiro atoms. The molecule has 1 saturated heterocycles. The highest BCUT2D eigenvalue weighted by Gasteiger charge is 2.28. The van der Waals surface area contributed by atoms with Gasteiger partial charge in [-0.2, -0.15) is 0 Å². The second-order valence-electron chi connectivity index (χ2n) is 7.47. The fourth-order valence-corrected chi connectivity index (χ4v) is 4.81. The van der Waals surface area contributed by atoms with E-state index in [-0.39, 0.29) is 24.0 Å². The smallest absolute Gasteiger partial charge is 0.334 e. The number of aryl methyl sites for hydroxylation is 2. The summed E-state index contributed by atoms with van der Waals surface area (Å²) in [5.41, 5.74) is 6.49. The number of benzene rings is 2. The van der Waals surface area contributed by atoms with Gasteiger partial charge in [-0.25, -0.2) is 9.78 Å². The maximum absolute atomic E-state index is 11.3. The third-order valence-corrected chi connectivity index (χ3v) is 6.23. The number of aliphatic carboxylic acids is 1. The Bertz CT molecular complexity index is 1090. The molecule has 3 aromatic rings. The average Bonchev–Trinajstić information content (AvgIpc) is 2.66. The van der Waals surface area contributed by atoms with Gasteiger partial charge in [0.1, 0.15) is 11.0 Å². The molecule has 1 unspecified atom stereocenters. The minimum absolute atomic E-state index is 0. The molecule has 6 nitrogen and oxygen atoms in total. The maximum atomic E-state index is 11.3. The zero-order valence-corrected chi connectivity index (χ0v) is 19.9. The molecule has 1 N–H and O–H groups in total. The molecular formula is C21H24IN3O3S. The van der Waals surface area contributed by atoms with Crippen molar-refractivity contribution in [2.45, 2.75) is 20.0 Å². The number of ether oxygens (including phenoxy) is 1. The molecule has 2 heterocycles. The lowest BCUT2D eigenvalue weighted by atomic mass is 10.1. The lowest BCUT2D eigenvalue weighted by Gasteiger charge is -2.32. The highest BCUT2D eigenvalue weighted by Crippen LogP contribution is 2.35. The maximum Gasteiger partial charge on any atom is 0.334 e. The van der Waals surface area contributed by atoms with Crippen LogP contribution in [0.15, 0.2) is 24.3 Å². The molecular weight excluding hydrogens is 501 g/mol. The number of hydrogen-bond donors (Lipinski definition) is 1. The Morgan fingerprint density at radius 2 is 1.83 bits per heavy atom. The van der Waals surface area contributed by atoms with Gasteiger partial charge in [0.05, 0.1) is 13.2 Å². The summed E-state index contributed by atoms with van der Waals surface area (Å²) in [7, 11) is 4.08. The number of nitrogens with zero attached hydrogens (tertiary/aromatic N) is 3. The van der Waals surface area contributed by atoms with Crippen molar-refractivity contribution in [3.05, 3.63) is 35.4 Å². The number of aromatic nitrogens is 1. The van der Waals surface area contributed by atoms with E-state index in [1.54, 1.807) is 11.3 Å². The normalized spacial score (nSPS) is 16.7. The first-order valence-electron chi connectivity index (χ1n) is 9.29. The zero-order chi connectivity index (χ0) is 20.0. The van der Waals surface area contributed by atoms with Gasteiger partial charge >= 0.3 is 5.97 Å². The summed E-state index contributed by atoms with van der Waals surface area (Å²) >= 11 is 1.73. The SMILES string of the molecule is Cc1cc(N(C)C)cc2[s+]c3cc(N4CCOC(C(=O)O)C4)cc(C)c3nc12.[I-]. The molecule has 154 valence electrons. The lowest BCUT2D eigenvalue weighted by molar-refractivity contribution is -0.150. The number of rotatable bonds is 3. The van der Waals surface area contributed by atoms with Crippen LogP contribution in [-0.2, 0) is 9.53 Å². The Kier molecular flexibility index (Phi) is 6.45. The van der Waals surface area contributed by atoms with Gasteiger partial charge in [0.2, 0.25) is 11.3 Å². The summed E-state index contributed by atoms with van der Waals surface area (Å²) in [5.74, 6) is -0.913. The number of carboxylic acid groups (broad SMARTS) is 1. The van der Waals surface area contributed by atoms with Crippen LogP contribution in [0.1, 0.15) is 11.1 Å². The number of anilines is 2. The standard InChI is InChI=1S/C21H23N3O3S.HI/c1-12-7-14(23(3)4)9-17-19(12)22-20-13(2)8-15(10-18(20)28-17)24-5-6-27-16(11-24)21(25)26;/h7-10,16H,5-6,11H2,1-4H3;1H. The summed E-state index contributed by atoms with van der Waals surface area (Å²) in [6.07, 6.45) is -0.784. The molecule has 1 aliphatic rings. The Hall–Kier alpha value is -1.78. The predicted octanol–water partition coefficient (Wildman–Crippen LogP) is 0.707. The van der Waals surface area contributed by atoms with Crippen LogP contribution < -0.4 is 33.8 Å². The van der Waals surface area contributed by atoms with Crippen molar-refractivity contribution in [3.8, 4) is 0 Å². The fraction of sp³-hybridized carbons (Fsp3) is 0.381. The van der Waals surface area contributed by atoms with Crippen LogP contribution in [-0.4, -0.2) is 56.0 Å². The Morgan fingerprint density at radius 1 is 1.17 bits per heavy atom. The fourth-order valence-electron chi connectivity index (χ4n) is 3.60. The van der Waals surface area contributed by atoms with Crippen molar-refractivity contribution in [1.82, 2.24) is 4.98 Å². The third kappa shape index (κ3) is 4.24. The van der Waals surface area contributed by atoms with Crippen LogP contribution >= 0.6 is 11.3 Å². The molecule has 0 bridgehead atoms. The van der Waals surface area contributed by atoms with Gasteiger partial charge in [0, 0.05) is 44.1 Å². The van der Waals surface area contributed by atoms with E-state index < -0.39 is 12.1 Å². The Labute approximate surface area is 191 Å². The molecule has 29 heavy (non-hydrogen) atoms. The number of fused-ring (bicyclic) bond motifs is 2. The number of hydrogen-bond acceptors (Lipinski definition) is 5. The van der Waals surface area contributed by atoms with E-state index >= 15 is 0 Å². The largest absolute Gasteiger partial charge is 1.00 e. The summed E-state index contributed by atoms with van der Waals surface area (Å²) in [6, 6.07) is 8.57. The van der Waals surface area contributed by atoms with E-state index in [1.807, 2.05) is 14.1 Å². The number of morpholine rings is 1. The molecule has 1 fully saturated rings. The highest BCUT2D eigenvalue weighted by molar-refractivity contribution is 7.24. The van der Waals surface area contributed by atoms with Gasteiger partial charge in [0.25, 0.3) is 9.40 Å². The van der Waals surface area contributed by atoms with Gasteiger partial charge < -0.3 is 43.6 Å². The topological polar surface area (TPSA) is 65.9 Å². The molecule has 1 atom stereocenters. The second-order valence-corrected chi connectivity index (χ2v) is 8.55. The summed E-state index contributed by atoms with van der Waals surface area (Å²) in [5, 5.41) is 9.28. The highest BCUT2D eigenvalue weighted by atomic mass is 127. The molecule has 0 radical (unpaired) electrons. The van der Waals surface area contributed by atoms with E-state index in [0.29, 0.717) is 19.7 Å². The molecule has 8 heteroatoms. The molecule has 0 aliphatic carbocycles. The monoisotopic (exact) mass is 525 g/mol. The molecule has 1 aliphatic heterocycles. The first kappa shape index (κ1) is 21.9. The molecule has 0 saturated carbocycles. The van der Waals surface area contributed by atoms with Gasteiger partial charge in [-0.3, -0.25) is 0 Å². The molecule has 0 amide bonds. The number of carbonyl (C=O) groups is 1. The Morgan fingerprint density at radius 3 is 2.48 bits per heavy atom. The van der Waals surface area contributed by atoms with E-state index in [2.05, 4.69) is 47.9 Å². The van der Waals surface area contributed by atoms with Crippen LogP contribution in [0.4, 0.5) is 11.4 Å². The van der Waals surface area contributed by atoms with E-state index in [9.17, 15) is 9.90 Å².